The lowest BCUT2D eigenvalue weighted by molar-refractivity contribution is -0.301. The lowest BCUT2D eigenvalue weighted by atomic mass is 9.99. The van der Waals surface area contributed by atoms with Crippen LogP contribution in [0.1, 0.15) is 251 Å². The molecule has 6 unspecified atom stereocenters. The van der Waals surface area contributed by atoms with Gasteiger partial charge in [-0.2, -0.15) is 8.42 Å². The van der Waals surface area contributed by atoms with Crippen molar-refractivity contribution in [1.29, 1.82) is 0 Å². The van der Waals surface area contributed by atoms with Gasteiger partial charge in [-0.05, 0) is 57.8 Å². The van der Waals surface area contributed by atoms with Gasteiger partial charge in [-0.3, -0.25) is 9.35 Å². The van der Waals surface area contributed by atoms with Crippen LogP contribution in [0.3, 0.4) is 0 Å². The van der Waals surface area contributed by atoms with E-state index in [-0.39, 0.29) is 19.6 Å². The summed E-state index contributed by atoms with van der Waals surface area (Å²) < 4.78 is 59.5. The monoisotopic (exact) mass is 1050 g/mol. The van der Waals surface area contributed by atoms with Gasteiger partial charge >= 0.3 is 16.4 Å². The summed E-state index contributed by atoms with van der Waals surface area (Å²) in [7, 11) is -5.07. The molecule has 0 radical (unpaired) electrons. The third-order valence-corrected chi connectivity index (χ3v) is 13.9. The van der Waals surface area contributed by atoms with Crippen molar-refractivity contribution in [2.45, 2.75) is 288 Å². The van der Waals surface area contributed by atoms with E-state index in [9.17, 15) is 33.1 Å². The van der Waals surface area contributed by atoms with Gasteiger partial charge in [0.05, 0.1) is 19.8 Å². The van der Waals surface area contributed by atoms with Gasteiger partial charge in [0.1, 0.15) is 30.5 Å². The van der Waals surface area contributed by atoms with Crippen LogP contribution in [-0.2, 0) is 38.3 Å². The third-order valence-electron chi connectivity index (χ3n) is 13.4. The lowest BCUT2D eigenvalue weighted by Crippen LogP contribution is -2.60. The third kappa shape index (κ3) is 43.6. The highest BCUT2D eigenvalue weighted by Crippen LogP contribution is 2.26. The van der Waals surface area contributed by atoms with Crippen LogP contribution >= 0.6 is 0 Å². The molecule has 1 aliphatic rings. The number of rotatable bonds is 52. The van der Waals surface area contributed by atoms with Crippen LogP contribution in [0.4, 0.5) is 0 Å². The van der Waals surface area contributed by atoms with Crippen LogP contribution in [0.5, 0.6) is 0 Å². The van der Waals surface area contributed by atoms with Crippen LogP contribution in [0.15, 0.2) is 60.8 Å². The molecule has 0 aromatic carbocycles. The zero-order valence-electron chi connectivity index (χ0n) is 46.2. The van der Waals surface area contributed by atoms with E-state index < -0.39 is 59.8 Å². The summed E-state index contributed by atoms with van der Waals surface area (Å²) in [6.45, 7) is 3.90. The molecule has 13 heteroatoms. The number of allylic oxidation sites excluding steroid dienone is 10. The average molecular weight is 1050 g/mol. The summed E-state index contributed by atoms with van der Waals surface area (Å²) in [4.78, 5) is 13.0. The van der Waals surface area contributed by atoms with Crippen molar-refractivity contribution in [2.75, 3.05) is 26.4 Å². The van der Waals surface area contributed by atoms with Gasteiger partial charge in [0.2, 0.25) is 0 Å². The van der Waals surface area contributed by atoms with Gasteiger partial charge in [-0.25, -0.2) is 4.18 Å². The smallest absolute Gasteiger partial charge is 0.397 e. The standard InChI is InChI=1S/C60H108O12S/c1-3-5-7-9-11-13-15-17-19-21-23-25-27-28-30-32-34-36-38-40-42-44-46-48-50-68-52-54(53-69-60-58(64)59(72-73(65,66)67)57(63)55(51-61)71-60)70-56(62)49-47-45-43-41-39-37-35-33-31-29-26-24-22-20-18-16-14-12-10-8-6-4-2/h5,7,11,13,17,19,23,25,28,30,54-55,57-61,63-64H,3-4,6,8-10,12,14-16,18,20-22,24,26-27,29,31-53H2,1-2H3,(H,65,66,67)/b7-5-,13-11-,19-17-,25-23-,30-28-. The molecule has 1 heterocycles. The number of carbonyl (C=O) groups excluding carboxylic acids is 1. The van der Waals surface area contributed by atoms with E-state index in [1.165, 1.54) is 148 Å². The fraction of sp³-hybridized carbons (Fsp3) is 0.817. The van der Waals surface area contributed by atoms with Gasteiger partial charge in [-0.15, -0.1) is 0 Å². The molecule has 1 rings (SSSR count). The van der Waals surface area contributed by atoms with Gasteiger partial charge in [0.15, 0.2) is 6.29 Å². The molecular weight excluding hydrogens is 945 g/mol. The van der Waals surface area contributed by atoms with Crippen molar-refractivity contribution in [1.82, 2.24) is 0 Å². The van der Waals surface area contributed by atoms with Gasteiger partial charge < -0.3 is 34.3 Å². The molecule has 1 saturated heterocycles. The Kier molecular flexibility index (Phi) is 47.7. The number of aliphatic hydroxyl groups is 3. The summed E-state index contributed by atoms with van der Waals surface area (Å²) in [5.41, 5.74) is 0. The van der Waals surface area contributed by atoms with Crippen LogP contribution in [-0.4, -0.2) is 97.5 Å². The molecule has 0 aromatic rings. The Balaban J connectivity index is 2.29. The fourth-order valence-electron chi connectivity index (χ4n) is 9.00. The summed E-state index contributed by atoms with van der Waals surface area (Å²) in [6, 6.07) is 0. The maximum Gasteiger partial charge on any atom is 0.397 e. The molecule has 0 amide bonds. The van der Waals surface area contributed by atoms with Crippen molar-refractivity contribution in [3.8, 4) is 0 Å². The molecule has 0 saturated carbocycles. The van der Waals surface area contributed by atoms with Crippen LogP contribution in [0.2, 0.25) is 0 Å². The first-order valence-electron chi connectivity index (χ1n) is 29.5. The second-order valence-electron chi connectivity index (χ2n) is 20.2. The minimum absolute atomic E-state index is 0.0306. The molecular formula is C60H108O12S. The number of hydrogen-bond acceptors (Lipinski definition) is 11. The van der Waals surface area contributed by atoms with Crippen LogP contribution < -0.4 is 0 Å². The van der Waals surface area contributed by atoms with Crippen LogP contribution in [0.25, 0.3) is 0 Å². The van der Waals surface area contributed by atoms with Crippen molar-refractivity contribution in [3.63, 3.8) is 0 Å². The highest BCUT2D eigenvalue weighted by Gasteiger charge is 2.48. The first-order valence-corrected chi connectivity index (χ1v) is 30.9. The Morgan fingerprint density at radius 1 is 0.534 bits per heavy atom. The predicted molar refractivity (Wildman–Crippen MR) is 299 cm³/mol. The zero-order chi connectivity index (χ0) is 53.1. The Labute approximate surface area is 446 Å². The summed E-state index contributed by atoms with van der Waals surface area (Å²) >= 11 is 0. The second kappa shape index (κ2) is 50.6. The van der Waals surface area contributed by atoms with Gasteiger partial charge in [0, 0.05) is 13.0 Å². The lowest BCUT2D eigenvalue weighted by Gasteiger charge is -2.41. The molecule has 4 N–H and O–H groups in total. The van der Waals surface area contributed by atoms with Crippen molar-refractivity contribution in [2.24, 2.45) is 0 Å². The summed E-state index contributed by atoms with van der Waals surface area (Å²) in [5.74, 6) is -0.399. The fourth-order valence-corrected chi connectivity index (χ4v) is 9.50. The normalized spacial score (nSPS) is 19.2. The second-order valence-corrected chi connectivity index (χ2v) is 21.3. The molecule has 426 valence electrons. The number of ether oxygens (including phenoxy) is 4. The van der Waals surface area contributed by atoms with Crippen molar-refractivity contribution < 1.29 is 56.2 Å². The maximum absolute atomic E-state index is 13.0. The summed E-state index contributed by atoms with van der Waals surface area (Å²) in [6.07, 6.45) is 56.8. The van der Waals surface area contributed by atoms with E-state index in [0.717, 1.165) is 77.0 Å². The highest BCUT2D eigenvalue weighted by atomic mass is 32.3. The molecule has 1 fully saturated rings. The van der Waals surface area contributed by atoms with Crippen molar-refractivity contribution >= 4 is 16.4 Å². The SMILES string of the molecule is CC/C=C\C/C=C\C/C=C\C/C=C\C/C=C\CCCCCCCCCCOCC(COC1OC(CO)C(O)C(OS(=O)(=O)O)C1O)OC(=O)CCCCCCCCCCCCCCCCCCCCCCCC. The Hall–Kier alpha value is -2.20. The highest BCUT2D eigenvalue weighted by molar-refractivity contribution is 7.80. The first-order chi connectivity index (χ1) is 35.6. The number of carbonyl (C=O) groups is 1. The molecule has 6 atom stereocenters. The zero-order valence-corrected chi connectivity index (χ0v) is 47.0. The summed E-state index contributed by atoms with van der Waals surface area (Å²) in [5, 5.41) is 30.9. The van der Waals surface area contributed by atoms with Crippen LogP contribution in [0, 0.1) is 0 Å². The minimum atomic E-state index is -5.07. The average Bonchev–Trinajstić information content (AvgIpc) is 3.37. The Bertz CT molecular complexity index is 1500. The van der Waals surface area contributed by atoms with E-state index in [4.69, 9.17) is 18.9 Å². The number of esters is 1. The molecule has 0 spiro atoms. The van der Waals surface area contributed by atoms with E-state index in [1.807, 2.05) is 0 Å². The van der Waals surface area contributed by atoms with E-state index in [1.54, 1.807) is 0 Å². The topological polar surface area (TPSA) is 178 Å². The van der Waals surface area contributed by atoms with E-state index in [2.05, 4.69) is 78.8 Å². The largest absolute Gasteiger partial charge is 0.457 e. The van der Waals surface area contributed by atoms with E-state index in [0.29, 0.717) is 13.0 Å². The molecule has 0 aromatic heterocycles. The molecule has 73 heavy (non-hydrogen) atoms. The van der Waals surface area contributed by atoms with Gasteiger partial charge in [0.25, 0.3) is 0 Å². The predicted octanol–water partition coefficient (Wildman–Crippen LogP) is 14.8. The Morgan fingerprint density at radius 2 is 0.945 bits per heavy atom. The minimum Gasteiger partial charge on any atom is -0.457 e. The molecule has 1 aliphatic heterocycles. The number of unbranched alkanes of at least 4 members (excludes halogenated alkanes) is 29. The molecule has 0 aliphatic carbocycles. The molecule has 0 bridgehead atoms. The quantitative estimate of drug-likeness (QED) is 0.0196. The van der Waals surface area contributed by atoms with Crippen molar-refractivity contribution in [3.05, 3.63) is 60.8 Å². The van der Waals surface area contributed by atoms with Gasteiger partial charge in [-0.1, -0.05) is 248 Å². The number of hydrogen-bond donors (Lipinski definition) is 4. The Morgan fingerprint density at radius 3 is 1.38 bits per heavy atom. The first kappa shape index (κ1) is 68.8. The maximum atomic E-state index is 13.0. The number of aliphatic hydroxyl groups excluding tert-OH is 3. The molecule has 12 nitrogen and oxygen atoms in total. The van der Waals surface area contributed by atoms with E-state index >= 15 is 0 Å².